The third-order valence-corrected chi connectivity index (χ3v) is 2.77. The second-order valence-electron chi connectivity index (χ2n) is 4.24. The maximum Gasteiger partial charge on any atom is 0.224 e. The van der Waals surface area contributed by atoms with Crippen LogP contribution < -0.4 is 10.1 Å². The highest BCUT2D eigenvalue weighted by Crippen LogP contribution is 2.29. The lowest BCUT2D eigenvalue weighted by Gasteiger charge is -2.10. The maximum atomic E-state index is 13.0. The van der Waals surface area contributed by atoms with Gasteiger partial charge in [-0.2, -0.15) is 4.98 Å². The topological polar surface area (TPSA) is 47.0 Å². The summed E-state index contributed by atoms with van der Waals surface area (Å²) in [5.74, 6) is 1.58. The number of benzene rings is 1. The highest BCUT2D eigenvalue weighted by atomic mass is 35.5. The van der Waals surface area contributed by atoms with Gasteiger partial charge >= 0.3 is 0 Å². The van der Waals surface area contributed by atoms with Crippen molar-refractivity contribution in [1.29, 1.82) is 0 Å². The van der Waals surface area contributed by atoms with Crippen molar-refractivity contribution in [3.05, 3.63) is 40.9 Å². The van der Waals surface area contributed by atoms with Crippen LogP contribution in [0, 0.1) is 12.7 Å². The predicted molar refractivity (Wildman–Crippen MR) is 77.0 cm³/mol. The van der Waals surface area contributed by atoms with Crippen molar-refractivity contribution in [2.24, 2.45) is 0 Å². The number of rotatable bonds is 5. The lowest BCUT2D eigenvalue weighted by Crippen LogP contribution is -2.04. The molecule has 1 N–H and O–H groups in total. The van der Waals surface area contributed by atoms with Crippen LogP contribution in [-0.2, 0) is 0 Å². The minimum atomic E-state index is -0.411. The highest BCUT2D eigenvalue weighted by molar-refractivity contribution is 6.32. The van der Waals surface area contributed by atoms with Crippen molar-refractivity contribution in [2.75, 3.05) is 11.9 Å². The fourth-order valence-electron chi connectivity index (χ4n) is 1.61. The number of nitrogens with one attached hydrogen (secondary N) is 1. The monoisotopic (exact) mass is 295 g/mol. The van der Waals surface area contributed by atoms with Crippen LogP contribution in [0.2, 0.25) is 5.02 Å². The zero-order valence-corrected chi connectivity index (χ0v) is 12.0. The molecular formula is C14H15ClFN3O. The van der Waals surface area contributed by atoms with Crippen LogP contribution in [0.5, 0.6) is 11.6 Å². The number of anilines is 1. The summed E-state index contributed by atoms with van der Waals surface area (Å²) in [6.45, 7) is 4.65. The van der Waals surface area contributed by atoms with E-state index in [1.807, 2.05) is 0 Å². The summed E-state index contributed by atoms with van der Waals surface area (Å²) in [7, 11) is 0. The van der Waals surface area contributed by atoms with Crippen molar-refractivity contribution in [1.82, 2.24) is 9.97 Å². The predicted octanol–water partition coefficient (Wildman–Crippen LogP) is 4.19. The fraction of sp³-hybridized carbons (Fsp3) is 0.286. The molecule has 1 aromatic carbocycles. The van der Waals surface area contributed by atoms with Gasteiger partial charge < -0.3 is 10.1 Å². The molecule has 4 nitrogen and oxygen atoms in total. The minimum absolute atomic E-state index is 0.198. The van der Waals surface area contributed by atoms with Gasteiger partial charge in [0.25, 0.3) is 0 Å². The normalized spacial score (nSPS) is 10.4. The molecular weight excluding hydrogens is 281 g/mol. The van der Waals surface area contributed by atoms with E-state index < -0.39 is 5.82 Å². The molecule has 2 rings (SSSR count). The van der Waals surface area contributed by atoms with E-state index in [-0.39, 0.29) is 5.02 Å². The molecule has 106 valence electrons. The molecule has 0 aliphatic heterocycles. The molecule has 20 heavy (non-hydrogen) atoms. The van der Waals surface area contributed by atoms with E-state index in [4.69, 9.17) is 16.3 Å². The molecule has 0 radical (unpaired) electrons. The Kier molecular flexibility index (Phi) is 4.74. The van der Waals surface area contributed by atoms with Crippen LogP contribution in [0.4, 0.5) is 10.2 Å². The second-order valence-corrected chi connectivity index (χ2v) is 4.65. The quantitative estimate of drug-likeness (QED) is 0.898. The third-order valence-electron chi connectivity index (χ3n) is 2.48. The lowest BCUT2D eigenvalue weighted by molar-refractivity contribution is 0.459. The average Bonchev–Trinajstić information content (AvgIpc) is 2.39. The first-order chi connectivity index (χ1) is 9.58. The van der Waals surface area contributed by atoms with Crippen molar-refractivity contribution in [2.45, 2.75) is 20.3 Å². The fourth-order valence-corrected chi connectivity index (χ4v) is 1.81. The first kappa shape index (κ1) is 14.5. The molecule has 6 heteroatoms. The molecule has 1 heterocycles. The maximum absolute atomic E-state index is 13.0. The Hall–Kier alpha value is -1.88. The molecule has 0 saturated carbocycles. The van der Waals surface area contributed by atoms with E-state index in [0.717, 1.165) is 13.0 Å². The van der Waals surface area contributed by atoms with E-state index >= 15 is 0 Å². The molecule has 0 atom stereocenters. The molecule has 0 amide bonds. The van der Waals surface area contributed by atoms with Gasteiger partial charge in [0.05, 0.1) is 5.02 Å². The number of hydrogen-bond acceptors (Lipinski definition) is 4. The molecule has 0 bridgehead atoms. The highest BCUT2D eigenvalue weighted by Gasteiger charge is 2.08. The Bertz CT molecular complexity index is 607. The minimum Gasteiger partial charge on any atom is -0.437 e. The Morgan fingerprint density at radius 1 is 1.30 bits per heavy atom. The van der Waals surface area contributed by atoms with Crippen LogP contribution in [0.25, 0.3) is 0 Å². The summed E-state index contributed by atoms with van der Waals surface area (Å²) in [6.07, 6.45) is 0.989. The molecule has 0 aliphatic carbocycles. The first-order valence-corrected chi connectivity index (χ1v) is 6.68. The number of hydrogen-bond donors (Lipinski definition) is 1. The van der Waals surface area contributed by atoms with Gasteiger partial charge in [-0.25, -0.2) is 9.37 Å². The van der Waals surface area contributed by atoms with Gasteiger partial charge in [0.2, 0.25) is 5.88 Å². The van der Waals surface area contributed by atoms with Crippen molar-refractivity contribution in [3.63, 3.8) is 0 Å². The zero-order valence-electron chi connectivity index (χ0n) is 11.3. The standard InChI is InChI=1S/C14H15ClFN3O/c1-3-6-17-13-8-14(19-9(2)18-13)20-12-5-4-10(16)7-11(12)15/h4-5,7-8H,3,6H2,1-2H3,(H,17,18,19). The van der Waals surface area contributed by atoms with Gasteiger partial charge in [0.1, 0.15) is 23.2 Å². The Labute approximate surface area is 122 Å². The van der Waals surface area contributed by atoms with E-state index in [1.54, 1.807) is 13.0 Å². The Morgan fingerprint density at radius 2 is 2.10 bits per heavy atom. The number of halogens is 2. The molecule has 0 fully saturated rings. The van der Waals surface area contributed by atoms with Crippen LogP contribution in [0.3, 0.4) is 0 Å². The number of nitrogens with zero attached hydrogens (tertiary/aromatic N) is 2. The summed E-state index contributed by atoms with van der Waals surface area (Å²) in [5.41, 5.74) is 0. The summed E-state index contributed by atoms with van der Waals surface area (Å²) >= 11 is 5.92. The van der Waals surface area contributed by atoms with Gasteiger partial charge in [-0.15, -0.1) is 0 Å². The largest absolute Gasteiger partial charge is 0.437 e. The van der Waals surface area contributed by atoms with Crippen LogP contribution in [-0.4, -0.2) is 16.5 Å². The van der Waals surface area contributed by atoms with Gasteiger partial charge in [-0.1, -0.05) is 18.5 Å². The van der Waals surface area contributed by atoms with Crippen LogP contribution >= 0.6 is 11.6 Å². The second kappa shape index (κ2) is 6.52. The van der Waals surface area contributed by atoms with Crippen molar-refractivity contribution in [3.8, 4) is 11.6 Å². The molecule has 0 spiro atoms. The van der Waals surface area contributed by atoms with E-state index in [0.29, 0.717) is 23.3 Å². The summed E-state index contributed by atoms with van der Waals surface area (Å²) < 4.78 is 18.6. The SMILES string of the molecule is CCCNc1cc(Oc2ccc(F)cc2Cl)nc(C)n1. The molecule has 0 unspecified atom stereocenters. The van der Waals surface area contributed by atoms with Crippen molar-refractivity contribution >= 4 is 17.4 Å². The first-order valence-electron chi connectivity index (χ1n) is 6.31. The number of ether oxygens (including phenoxy) is 1. The summed E-state index contributed by atoms with van der Waals surface area (Å²) in [4.78, 5) is 8.43. The molecule has 2 aromatic rings. The van der Waals surface area contributed by atoms with Gasteiger partial charge in [0, 0.05) is 12.6 Å². The Balaban J connectivity index is 2.21. The molecule has 1 aromatic heterocycles. The third kappa shape index (κ3) is 3.81. The van der Waals surface area contributed by atoms with Gasteiger partial charge in [-0.05, 0) is 31.5 Å². The van der Waals surface area contributed by atoms with Gasteiger partial charge in [0.15, 0.2) is 0 Å². The van der Waals surface area contributed by atoms with Crippen molar-refractivity contribution < 1.29 is 9.13 Å². The van der Waals surface area contributed by atoms with Crippen LogP contribution in [0.1, 0.15) is 19.2 Å². The number of aromatic nitrogens is 2. The van der Waals surface area contributed by atoms with E-state index in [2.05, 4.69) is 22.2 Å². The average molecular weight is 296 g/mol. The van der Waals surface area contributed by atoms with E-state index in [9.17, 15) is 4.39 Å². The lowest BCUT2D eigenvalue weighted by atomic mass is 10.3. The summed E-state index contributed by atoms with van der Waals surface area (Å²) in [5, 5.41) is 3.36. The van der Waals surface area contributed by atoms with E-state index in [1.165, 1.54) is 18.2 Å². The zero-order chi connectivity index (χ0) is 14.5. The number of aryl methyl sites for hydroxylation is 1. The molecule has 0 aliphatic rings. The summed E-state index contributed by atoms with van der Waals surface area (Å²) in [6, 6.07) is 5.63. The van der Waals surface area contributed by atoms with Gasteiger partial charge in [-0.3, -0.25) is 0 Å². The smallest absolute Gasteiger partial charge is 0.224 e. The molecule has 0 saturated heterocycles. The van der Waals surface area contributed by atoms with Crippen LogP contribution in [0.15, 0.2) is 24.3 Å². The Morgan fingerprint density at radius 3 is 2.80 bits per heavy atom.